The monoisotopic (exact) mass is 292 g/mol. The van der Waals surface area contributed by atoms with E-state index in [4.69, 9.17) is 16.9 Å². The highest BCUT2D eigenvalue weighted by molar-refractivity contribution is 6.30. The van der Waals surface area contributed by atoms with Crippen molar-refractivity contribution in [2.24, 2.45) is 5.41 Å². The zero-order valence-electron chi connectivity index (χ0n) is 12.8. The smallest absolute Gasteiger partial charge is 0.0627 e. The normalized spacial score (nSPS) is 17.8. The molecule has 0 amide bonds. The van der Waals surface area contributed by atoms with Crippen molar-refractivity contribution in [1.29, 1.82) is 5.26 Å². The second-order valence-corrected chi connectivity index (χ2v) is 5.98. The van der Waals surface area contributed by atoms with Gasteiger partial charge in [-0.25, -0.2) is 0 Å². The quantitative estimate of drug-likeness (QED) is 0.794. The van der Waals surface area contributed by atoms with Gasteiger partial charge in [0.1, 0.15) is 0 Å². The van der Waals surface area contributed by atoms with Gasteiger partial charge in [0.05, 0.1) is 6.07 Å². The number of nitriles is 1. The molecule has 0 radical (unpaired) electrons. The first-order valence-corrected chi connectivity index (χ1v) is 7.83. The molecule has 0 N–H and O–H groups in total. The van der Waals surface area contributed by atoms with Gasteiger partial charge in [0.15, 0.2) is 0 Å². The highest BCUT2D eigenvalue weighted by atomic mass is 35.5. The average Bonchev–Trinajstić information content (AvgIpc) is 2.46. The molecule has 2 nitrogen and oxygen atoms in total. The Morgan fingerprint density at radius 1 is 1.20 bits per heavy atom. The Balaban J connectivity index is 0.000000956. The fraction of sp³-hybridized carbons (Fsp3) is 0.588. The Labute approximate surface area is 128 Å². The molecule has 0 aliphatic carbocycles. The van der Waals surface area contributed by atoms with Crippen molar-refractivity contribution in [2.75, 3.05) is 13.1 Å². The van der Waals surface area contributed by atoms with Crippen molar-refractivity contribution in [2.45, 2.75) is 46.6 Å². The average molecular weight is 293 g/mol. The van der Waals surface area contributed by atoms with Crippen molar-refractivity contribution < 1.29 is 0 Å². The third kappa shape index (κ3) is 5.15. The van der Waals surface area contributed by atoms with E-state index in [0.29, 0.717) is 6.42 Å². The summed E-state index contributed by atoms with van der Waals surface area (Å²) in [6, 6.07) is 10.4. The molecule has 1 aliphatic rings. The van der Waals surface area contributed by atoms with Gasteiger partial charge in [-0.15, -0.1) is 0 Å². The molecule has 1 aromatic carbocycles. The van der Waals surface area contributed by atoms with Crippen LogP contribution in [0.25, 0.3) is 0 Å². The molecule has 0 aromatic heterocycles. The molecule has 1 aliphatic heterocycles. The maximum atomic E-state index is 8.83. The van der Waals surface area contributed by atoms with E-state index in [0.717, 1.165) is 37.5 Å². The van der Waals surface area contributed by atoms with Crippen LogP contribution in [-0.2, 0) is 6.54 Å². The molecule has 110 valence electrons. The summed E-state index contributed by atoms with van der Waals surface area (Å²) in [6.07, 6.45) is 2.92. The van der Waals surface area contributed by atoms with E-state index in [-0.39, 0.29) is 5.41 Å². The molecular weight excluding hydrogens is 268 g/mol. The minimum atomic E-state index is 0.227. The molecule has 20 heavy (non-hydrogen) atoms. The van der Waals surface area contributed by atoms with E-state index in [2.05, 4.69) is 30.0 Å². The number of likely N-dealkylation sites (tertiary alicyclic amines) is 1. The number of halogens is 1. The fourth-order valence-electron chi connectivity index (χ4n) is 2.47. The third-order valence-electron chi connectivity index (χ3n) is 3.89. The molecule has 0 atom stereocenters. The van der Waals surface area contributed by atoms with Crippen LogP contribution in [0.5, 0.6) is 0 Å². The molecular formula is C17H25ClN2. The number of hydrogen-bond acceptors (Lipinski definition) is 2. The molecule has 0 spiro atoms. The van der Waals surface area contributed by atoms with E-state index < -0.39 is 0 Å². The second-order valence-electron chi connectivity index (χ2n) is 5.55. The Bertz CT molecular complexity index is 425. The Morgan fingerprint density at radius 2 is 1.75 bits per heavy atom. The highest BCUT2D eigenvalue weighted by Crippen LogP contribution is 2.34. The predicted octanol–water partition coefficient (Wildman–Crippen LogP) is 4.88. The fourth-order valence-corrected chi connectivity index (χ4v) is 2.59. The summed E-state index contributed by atoms with van der Waals surface area (Å²) >= 11 is 5.88. The highest BCUT2D eigenvalue weighted by Gasteiger charge is 2.29. The summed E-state index contributed by atoms with van der Waals surface area (Å²) in [5.41, 5.74) is 1.54. The van der Waals surface area contributed by atoms with Gasteiger partial charge in [0.2, 0.25) is 0 Å². The van der Waals surface area contributed by atoms with Gasteiger partial charge in [-0.2, -0.15) is 5.26 Å². The molecule has 1 saturated heterocycles. The Morgan fingerprint density at radius 3 is 2.25 bits per heavy atom. The summed E-state index contributed by atoms with van der Waals surface area (Å²) in [5.74, 6) is 0. The topological polar surface area (TPSA) is 27.0 Å². The molecule has 2 rings (SSSR count). The number of rotatable bonds is 3. The van der Waals surface area contributed by atoms with E-state index in [1.54, 1.807) is 0 Å². The van der Waals surface area contributed by atoms with Crippen LogP contribution in [0.1, 0.15) is 45.6 Å². The molecule has 1 heterocycles. The van der Waals surface area contributed by atoms with Crippen LogP contribution >= 0.6 is 11.6 Å². The maximum absolute atomic E-state index is 8.83. The zero-order valence-corrected chi connectivity index (χ0v) is 13.6. The first-order valence-electron chi connectivity index (χ1n) is 7.45. The summed E-state index contributed by atoms with van der Waals surface area (Å²) < 4.78 is 0. The first-order chi connectivity index (χ1) is 9.61. The molecule has 1 fully saturated rings. The number of nitrogens with zero attached hydrogens (tertiary/aromatic N) is 2. The third-order valence-corrected chi connectivity index (χ3v) is 4.14. The van der Waals surface area contributed by atoms with Crippen LogP contribution in [0.4, 0.5) is 0 Å². The Hall–Kier alpha value is -1.04. The SMILES string of the molecule is CC.CC1(CC#N)CCN(Cc2ccc(Cl)cc2)CC1. The van der Waals surface area contributed by atoms with Gasteiger partial charge >= 0.3 is 0 Å². The van der Waals surface area contributed by atoms with E-state index in [1.807, 2.05) is 26.0 Å². The summed E-state index contributed by atoms with van der Waals surface area (Å²) in [6.45, 7) is 9.39. The lowest BCUT2D eigenvalue weighted by Crippen LogP contribution is -2.38. The molecule has 3 heteroatoms. The van der Waals surface area contributed by atoms with Crippen molar-refractivity contribution in [1.82, 2.24) is 4.90 Å². The van der Waals surface area contributed by atoms with Gasteiger partial charge in [0, 0.05) is 18.0 Å². The van der Waals surface area contributed by atoms with Crippen molar-refractivity contribution in [3.63, 3.8) is 0 Å². The van der Waals surface area contributed by atoms with Gasteiger partial charge < -0.3 is 0 Å². The first kappa shape index (κ1) is 17.0. The zero-order chi connectivity index (χ0) is 15.0. The van der Waals surface area contributed by atoms with Crippen LogP contribution in [-0.4, -0.2) is 18.0 Å². The lowest BCUT2D eigenvalue weighted by molar-refractivity contribution is 0.116. The summed E-state index contributed by atoms with van der Waals surface area (Å²) in [5, 5.41) is 9.63. The van der Waals surface area contributed by atoms with Crippen LogP contribution in [0.15, 0.2) is 24.3 Å². The molecule has 0 unspecified atom stereocenters. The summed E-state index contributed by atoms with van der Waals surface area (Å²) in [7, 11) is 0. The summed E-state index contributed by atoms with van der Waals surface area (Å²) in [4.78, 5) is 2.46. The van der Waals surface area contributed by atoms with Crippen molar-refractivity contribution >= 4 is 11.6 Å². The Kier molecular flexibility index (Phi) is 7.05. The number of benzene rings is 1. The molecule has 0 bridgehead atoms. The van der Waals surface area contributed by atoms with Gasteiger partial charge in [-0.1, -0.05) is 44.5 Å². The van der Waals surface area contributed by atoms with Crippen LogP contribution < -0.4 is 0 Å². The lowest BCUT2D eigenvalue weighted by atomic mass is 9.78. The van der Waals surface area contributed by atoms with E-state index >= 15 is 0 Å². The second kappa shape index (κ2) is 8.29. The van der Waals surface area contributed by atoms with Crippen LogP contribution in [0.3, 0.4) is 0 Å². The predicted molar refractivity (Wildman–Crippen MR) is 85.6 cm³/mol. The van der Waals surface area contributed by atoms with E-state index in [9.17, 15) is 0 Å². The largest absolute Gasteiger partial charge is 0.299 e. The van der Waals surface area contributed by atoms with Crippen molar-refractivity contribution in [3.05, 3.63) is 34.9 Å². The number of piperidine rings is 1. The molecule has 0 saturated carbocycles. The minimum Gasteiger partial charge on any atom is -0.299 e. The standard InChI is InChI=1S/C15H19ClN2.C2H6/c1-15(6-9-17)7-10-18(11-8-15)12-13-2-4-14(16)5-3-13;1-2/h2-5H,6-8,10-12H2,1H3;1-2H3. The van der Waals surface area contributed by atoms with Crippen LogP contribution in [0, 0.1) is 16.7 Å². The van der Waals surface area contributed by atoms with Gasteiger partial charge in [-0.3, -0.25) is 4.90 Å². The molecule has 1 aromatic rings. The van der Waals surface area contributed by atoms with Gasteiger partial charge in [0.25, 0.3) is 0 Å². The lowest BCUT2D eigenvalue weighted by Gasteiger charge is -2.38. The minimum absolute atomic E-state index is 0.227. The maximum Gasteiger partial charge on any atom is 0.0627 e. The van der Waals surface area contributed by atoms with Crippen LogP contribution in [0.2, 0.25) is 5.02 Å². The number of hydrogen-bond donors (Lipinski definition) is 0. The van der Waals surface area contributed by atoms with Crippen molar-refractivity contribution in [3.8, 4) is 6.07 Å². The van der Waals surface area contributed by atoms with E-state index in [1.165, 1.54) is 5.56 Å². The van der Waals surface area contributed by atoms with Gasteiger partial charge in [-0.05, 0) is 49.0 Å².